The topological polar surface area (TPSA) is 108 Å². The molecule has 0 rings (SSSR count). The summed E-state index contributed by atoms with van der Waals surface area (Å²) < 4.78 is 23.0. The number of carbonyl (C=O) groups excluding carboxylic acids is 2. The molecule has 0 saturated carbocycles. The van der Waals surface area contributed by atoms with Crippen molar-refractivity contribution in [2.24, 2.45) is 0 Å². The van der Waals surface area contributed by atoms with Crippen LogP contribution in [-0.4, -0.2) is 87.4 Å². The molecule has 9 nitrogen and oxygen atoms in total. The highest BCUT2D eigenvalue weighted by atomic mass is 16.7. The van der Waals surface area contributed by atoms with Gasteiger partial charge in [0.15, 0.2) is 6.10 Å². The molecular formula is C78H144NO8+. The second-order valence-electron chi connectivity index (χ2n) is 26.6. The third-order valence-corrected chi connectivity index (χ3v) is 16.8. The highest BCUT2D eigenvalue weighted by molar-refractivity contribution is 5.71. The summed E-state index contributed by atoms with van der Waals surface area (Å²) in [6.45, 7) is 4.83. The number of carboxylic acid groups (broad SMARTS) is 1. The van der Waals surface area contributed by atoms with Crippen molar-refractivity contribution >= 4 is 17.9 Å². The number of carbonyl (C=O) groups is 3. The van der Waals surface area contributed by atoms with Gasteiger partial charge in [-0.3, -0.25) is 9.59 Å². The lowest BCUT2D eigenvalue weighted by molar-refractivity contribution is -0.870. The van der Waals surface area contributed by atoms with E-state index in [1.165, 1.54) is 263 Å². The molecule has 2 atom stereocenters. The molecule has 87 heavy (non-hydrogen) atoms. The number of esters is 2. The van der Waals surface area contributed by atoms with Crippen molar-refractivity contribution in [3.8, 4) is 0 Å². The van der Waals surface area contributed by atoms with Crippen LogP contribution in [0.15, 0.2) is 60.8 Å². The molecule has 1 N–H and O–H groups in total. The van der Waals surface area contributed by atoms with E-state index in [9.17, 15) is 19.5 Å². The lowest BCUT2D eigenvalue weighted by atomic mass is 10.0. The fourth-order valence-electron chi connectivity index (χ4n) is 11.1. The Morgan fingerprint density at radius 2 is 0.655 bits per heavy atom. The number of allylic oxidation sites excluding steroid dienone is 10. The minimum Gasteiger partial charge on any atom is -0.477 e. The molecule has 0 aromatic carbocycles. The van der Waals surface area contributed by atoms with Gasteiger partial charge in [0.1, 0.15) is 13.2 Å². The van der Waals surface area contributed by atoms with Crippen LogP contribution in [0.5, 0.6) is 0 Å². The lowest BCUT2D eigenvalue weighted by Gasteiger charge is -2.25. The van der Waals surface area contributed by atoms with E-state index in [0.29, 0.717) is 17.4 Å². The second-order valence-corrected chi connectivity index (χ2v) is 26.6. The number of unbranched alkanes of at least 4 members (excludes halogenated alkanes) is 45. The fraction of sp³-hybridized carbons (Fsp3) is 0.833. The first-order chi connectivity index (χ1) is 42.6. The molecule has 0 aliphatic heterocycles. The van der Waals surface area contributed by atoms with Crippen molar-refractivity contribution in [2.45, 2.75) is 373 Å². The summed E-state index contributed by atoms with van der Waals surface area (Å²) in [6.07, 6.45) is 87.8. The first-order valence-electron chi connectivity index (χ1n) is 37.5. The number of hydrogen-bond donors (Lipinski definition) is 1. The van der Waals surface area contributed by atoms with E-state index in [0.717, 1.165) is 70.6 Å². The van der Waals surface area contributed by atoms with Gasteiger partial charge in [0, 0.05) is 12.8 Å². The van der Waals surface area contributed by atoms with E-state index >= 15 is 0 Å². The van der Waals surface area contributed by atoms with Crippen molar-refractivity contribution < 1.29 is 42.9 Å². The van der Waals surface area contributed by atoms with Crippen molar-refractivity contribution in [3.63, 3.8) is 0 Å². The molecule has 0 aromatic heterocycles. The van der Waals surface area contributed by atoms with Gasteiger partial charge in [-0.25, -0.2) is 4.79 Å². The molecular weight excluding hydrogens is 1080 g/mol. The highest BCUT2D eigenvalue weighted by Crippen LogP contribution is 2.19. The number of aliphatic carboxylic acids is 1. The van der Waals surface area contributed by atoms with Crippen LogP contribution in [0.3, 0.4) is 0 Å². The van der Waals surface area contributed by atoms with Gasteiger partial charge in [0.25, 0.3) is 6.29 Å². The summed E-state index contributed by atoms with van der Waals surface area (Å²) in [5.41, 5.74) is 0. The van der Waals surface area contributed by atoms with Gasteiger partial charge in [-0.2, -0.15) is 0 Å². The zero-order chi connectivity index (χ0) is 63.3. The number of nitrogens with zero attached hydrogens (tertiary/aromatic N) is 1. The first-order valence-corrected chi connectivity index (χ1v) is 37.5. The van der Waals surface area contributed by atoms with Crippen LogP contribution in [0.2, 0.25) is 0 Å². The standard InChI is InChI=1S/C78H143NO8/c1-6-8-10-12-14-16-18-20-22-24-26-28-30-32-34-36-37-38-39-41-43-45-47-49-51-53-55-57-59-61-63-65-67-69-76(81)87-74(73-86-78(77(82)83)84-71-70-79(3,4)5)72-85-75(80)68-66-64-62-60-58-56-54-52-50-48-46-44-42-40-35-33-31-29-27-25-23-21-19-17-15-13-11-9-7-2/h8,10,14,16,20,22,26,28,32,34,74,78H,6-7,9,11-13,15,17-19,21,23-25,27,29-31,33,35-73H2,1-5H3/p+1/b10-8-,16-14-,22-20-,28-26-,34-32-. The monoisotopic (exact) mass is 1220 g/mol. The maximum atomic E-state index is 13.0. The highest BCUT2D eigenvalue weighted by Gasteiger charge is 2.25. The van der Waals surface area contributed by atoms with Crippen molar-refractivity contribution in [3.05, 3.63) is 60.8 Å². The van der Waals surface area contributed by atoms with Crippen LogP contribution < -0.4 is 0 Å². The van der Waals surface area contributed by atoms with Gasteiger partial charge in [-0.1, -0.05) is 351 Å². The van der Waals surface area contributed by atoms with Crippen molar-refractivity contribution in [1.29, 1.82) is 0 Å². The van der Waals surface area contributed by atoms with Gasteiger partial charge >= 0.3 is 17.9 Å². The average molecular weight is 1220 g/mol. The largest absolute Gasteiger partial charge is 0.477 e. The summed E-state index contributed by atoms with van der Waals surface area (Å²) in [6, 6.07) is 0. The Hall–Kier alpha value is -3.01. The van der Waals surface area contributed by atoms with Crippen LogP contribution in [0.25, 0.3) is 0 Å². The summed E-state index contributed by atoms with van der Waals surface area (Å²) in [7, 11) is 5.99. The lowest BCUT2D eigenvalue weighted by Crippen LogP contribution is -2.40. The van der Waals surface area contributed by atoms with E-state index in [2.05, 4.69) is 74.6 Å². The zero-order valence-corrected chi connectivity index (χ0v) is 58.2. The molecule has 0 saturated heterocycles. The Morgan fingerprint density at radius 3 is 0.977 bits per heavy atom. The maximum Gasteiger partial charge on any atom is 0.361 e. The minimum atomic E-state index is -1.51. The Balaban J connectivity index is 4.03. The Labute approximate surface area is 539 Å². The quantitative estimate of drug-likeness (QED) is 0.0211. The van der Waals surface area contributed by atoms with Crippen LogP contribution in [-0.2, 0) is 33.3 Å². The van der Waals surface area contributed by atoms with E-state index in [4.69, 9.17) is 18.9 Å². The maximum absolute atomic E-state index is 13.0. The third kappa shape index (κ3) is 70.3. The van der Waals surface area contributed by atoms with Crippen molar-refractivity contribution in [2.75, 3.05) is 47.5 Å². The zero-order valence-electron chi connectivity index (χ0n) is 58.2. The second kappa shape index (κ2) is 68.9. The summed E-state index contributed by atoms with van der Waals surface area (Å²) >= 11 is 0. The Bertz CT molecular complexity index is 1610. The number of rotatable bonds is 70. The number of carboxylic acids is 1. The predicted molar refractivity (Wildman–Crippen MR) is 373 cm³/mol. The molecule has 0 aromatic rings. The molecule has 0 heterocycles. The van der Waals surface area contributed by atoms with E-state index in [1.54, 1.807) is 0 Å². The molecule has 2 unspecified atom stereocenters. The fourth-order valence-corrected chi connectivity index (χ4v) is 11.1. The molecule has 0 bridgehead atoms. The molecule has 0 spiro atoms. The van der Waals surface area contributed by atoms with Gasteiger partial charge in [-0.05, 0) is 57.8 Å². The molecule has 9 heteroatoms. The molecule has 0 fully saturated rings. The molecule has 0 aliphatic rings. The summed E-state index contributed by atoms with van der Waals surface area (Å²) in [4.78, 5) is 37.7. The molecule has 0 amide bonds. The van der Waals surface area contributed by atoms with E-state index in [-0.39, 0.29) is 38.2 Å². The van der Waals surface area contributed by atoms with Crippen LogP contribution in [0.4, 0.5) is 0 Å². The number of quaternary nitrogens is 1. The van der Waals surface area contributed by atoms with Gasteiger partial charge in [0.05, 0.1) is 34.4 Å². The summed E-state index contributed by atoms with van der Waals surface area (Å²) in [5.74, 6) is -1.98. The predicted octanol–water partition coefficient (Wildman–Crippen LogP) is 23.5. The SMILES string of the molecule is CC/C=C\C/C=C\C/C=C\C/C=C\C/C=C\CCCCCCCCCCCCCCCCCCCC(=O)OC(COC(=O)CCCCCCCCCCCCCCCCCCCCCCCCCCCCCCC)COC(OCC[N+](C)(C)C)C(=O)O. The molecule has 0 radical (unpaired) electrons. The van der Waals surface area contributed by atoms with Gasteiger partial charge in [-0.15, -0.1) is 0 Å². The van der Waals surface area contributed by atoms with Crippen LogP contribution >= 0.6 is 0 Å². The molecule has 508 valence electrons. The van der Waals surface area contributed by atoms with Crippen LogP contribution in [0, 0.1) is 0 Å². The Morgan fingerprint density at radius 1 is 0.356 bits per heavy atom. The first kappa shape index (κ1) is 84.0. The van der Waals surface area contributed by atoms with Gasteiger partial charge < -0.3 is 28.5 Å². The smallest absolute Gasteiger partial charge is 0.361 e. The normalized spacial score (nSPS) is 13.0. The molecule has 0 aliphatic carbocycles. The van der Waals surface area contributed by atoms with E-state index < -0.39 is 18.4 Å². The minimum absolute atomic E-state index is 0.177. The number of likely N-dealkylation sites (N-methyl/N-ethyl adjacent to an activating group) is 1. The number of ether oxygens (including phenoxy) is 4. The number of hydrogen-bond acceptors (Lipinski definition) is 7. The van der Waals surface area contributed by atoms with Crippen LogP contribution in [0.1, 0.15) is 361 Å². The average Bonchev–Trinajstić information content (AvgIpc) is 3.59. The summed E-state index contributed by atoms with van der Waals surface area (Å²) in [5, 5.41) is 9.76. The third-order valence-electron chi connectivity index (χ3n) is 16.8. The van der Waals surface area contributed by atoms with E-state index in [1.807, 2.05) is 21.1 Å². The van der Waals surface area contributed by atoms with Gasteiger partial charge in [0.2, 0.25) is 0 Å². The van der Waals surface area contributed by atoms with Crippen molar-refractivity contribution in [1.82, 2.24) is 0 Å². The Kier molecular flexibility index (Phi) is 66.5.